The number of benzene rings is 10. The molecule has 0 spiro atoms. The summed E-state index contributed by atoms with van der Waals surface area (Å²) in [4.78, 5) is 2.43. The molecule has 2 aromatic heterocycles. The molecule has 0 bridgehead atoms. The maximum Gasteiger partial charge on any atom is 0.145 e. The number of anilines is 3. The highest BCUT2D eigenvalue weighted by molar-refractivity contribution is 6.18. The van der Waals surface area contributed by atoms with Gasteiger partial charge in [-0.05, 0) is 105 Å². The molecule has 3 heteroatoms. The minimum absolute atomic E-state index is 0.864. The Kier molecular flexibility index (Phi) is 7.54. The first-order valence-electron chi connectivity index (χ1n) is 20.2. The quantitative estimate of drug-likeness (QED) is 0.158. The van der Waals surface area contributed by atoms with Gasteiger partial charge in [-0.1, -0.05) is 152 Å². The van der Waals surface area contributed by atoms with Crippen LogP contribution in [0.1, 0.15) is 0 Å². The Morgan fingerprint density at radius 2 is 0.983 bits per heavy atom. The summed E-state index contributed by atoms with van der Waals surface area (Å²) in [6.07, 6.45) is 0. The smallest absolute Gasteiger partial charge is 0.145 e. The maximum atomic E-state index is 6.88. The molecule has 0 amide bonds. The molecular formula is C56H36N2O. The van der Waals surface area contributed by atoms with Crippen LogP contribution in [0, 0.1) is 0 Å². The van der Waals surface area contributed by atoms with Gasteiger partial charge in [0, 0.05) is 38.8 Å². The van der Waals surface area contributed by atoms with Crippen molar-refractivity contribution in [2.45, 2.75) is 0 Å². The Hall–Kier alpha value is -7.88. The van der Waals surface area contributed by atoms with E-state index in [-0.39, 0.29) is 0 Å². The van der Waals surface area contributed by atoms with Crippen LogP contribution in [0.4, 0.5) is 17.1 Å². The molecule has 0 saturated carbocycles. The van der Waals surface area contributed by atoms with Crippen molar-refractivity contribution in [3.63, 3.8) is 0 Å². The highest BCUT2D eigenvalue weighted by Crippen LogP contribution is 2.48. The first kappa shape index (κ1) is 33.3. The summed E-state index contributed by atoms with van der Waals surface area (Å²) >= 11 is 0. The summed E-state index contributed by atoms with van der Waals surface area (Å²) in [5, 5.41) is 9.49. The number of aromatic nitrogens is 1. The summed E-state index contributed by atoms with van der Waals surface area (Å²) in [5.41, 5.74) is 13.0. The van der Waals surface area contributed by atoms with Gasteiger partial charge in [0.15, 0.2) is 0 Å². The van der Waals surface area contributed by atoms with E-state index in [0.29, 0.717) is 0 Å². The van der Waals surface area contributed by atoms with E-state index in [0.717, 1.165) is 55.8 Å². The molecule has 0 unspecified atom stereocenters. The zero-order valence-electron chi connectivity index (χ0n) is 32.1. The predicted octanol–water partition coefficient (Wildman–Crippen LogP) is 15.8. The molecule has 0 fully saturated rings. The maximum absolute atomic E-state index is 6.88. The third-order valence-corrected chi connectivity index (χ3v) is 12.0. The van der Waals surface area contributed by atoms with Gasteiger partial charge in [-0.25, -0.2) is 0 Å². The highest BCUT2D eigenvalue weighted by Gasteiger charge is 2.24. The molecule has 0 atom stereocenters. The minimum atomic E-state index is 0.864. The van der Waals surface area contributed by atoms with E-state index in [9.17, 15) is 0 Å². The number of furan rings is 1. The summed E-state index contributed by atoms with van der Waals surface area (Å²) in [7, 11) is 0. The molecule has 0 N–H and O–H groups in total. The zero-order valence-corrected chi connectivity index (χ0v) is 32.1. The van der Waals surface area contributed by atoms with Crippen molar-refractivity contribution in [1.82, 2.24) is 4.57 Å². The van der Waals surface area contributed by atoms with Crippen LogP contribution in [0.25, 0.3) is 93.2 Å². The fourth-order valence-corrected chi connectivity index (χ4v) is 9.22. The number of hydrogen-bond donors (Lipinski definition) is 0. The number of para-hydroxylation sites is 3. The average Bonchev–Trinajstić information content (AvgIpc) is 3.86. The lowest BCUT2D eigenvalue weighted by molar-refractivity contribution is 0.670. The second-order valence-electron chi connectivity index (χ2n) is 15.3. The largest absolute Gasteiger partial charge is 0.455 e. The predicted molar refractivity (Wildman–Crippen MR) is 249 cm³/mol. The first-order valence-corrected chi connectivity index (χ1v) is 20.2. The number of nitrogens with zero attached hydrogens (tertiary/aromatic N) is 2. The van der Waals surface area contributed by atoms with E-state index in [1.165, 1.54) is 54.5 Å². The van der Waals surface area contributed by atoms with Crippen molar-refractivity contribution >= 4 is 82.4 Å². The van der Waals surface area contributed by atoms with Crippen LogP contribution in [0.5, 0.6) is 0 Å². The van der Waals surface area contributed by atoms with Gasteiger partial charge >= 0.3 is 0 Å². The number of fused-ring (bicyclic) bond motifs is 9. The topological polar surface area (TPSA) is 21.3 Å². The van der Waals surface area contributed by atoms with E-state index >= 15 is 0 Å². The summed E-state index contributed by atoms with van der Waals surface area (Å²) in [5.74, 6) is 0. The van der Waals surface area contributed by atoms with E-state index < -0.39 is 0 Å². The number of hydrogen-bond acceptors (Lipinski definition) is 2. The minimum Gasteiger partial charge on any atom is -0.455 e. The molecule has 0 radical (unpaired) electrons. The van der Waals surface area contributed by atoms with Gasteiger partial charge in [0.05, 0.1) is 22.1 Å². The van der Waals surface area contributed by atoms with Crippen LogP contribution in [0.2, 0.25) is 0 Å². The Balaban J connectivity index is 1.11. The van der Waals surface area contributed by atoms with Crippen LogP contribution >= 0.6 is 0 Å². The average molecular weight is 753 g/mol. The van der Waals surface area contributed by atoms with Crippen LogP contribution in [0.15, 0.2) is 223 Å². The van der Waals surface area contributed by atoms with Gasteiger partial charge in [0.2, 0.25) is 0 Å². The van der Waals surface area contributed by atoms with Crippen molar-refractivity contribution in [3.05, 3.63) is 218 Å². The lowest BCUT2D eigenvalue weighted by atomic mass is 9.97. The Bertz CT molecular complexity index is 3540. The van der Waals surface area contributed by atoms with E-state index in [2.05, 4.69) is 228 Å². The monoisotopic (exact) mass is 752 g/mol. The van der Waals surface area contributed by atoms with Gasteiger partial charge in [-0.3, -0.25) is 0 Å². The number of rotatable bonds is 6. The highest BCUT2D eigenvalue weighted by atomic mass is 16.3. The molecule has 2 heterocycles. The Morgan fingerprint density at radius 3 is 1.83 bits per heavy atom. The van der Waals surface area contributed by atoms with Crippen LogP contribution in [-0.2, 0) is 0 Å². The van der Waals surface area contributed by atoms with Gasteiger partial charge < -0.3 is 13.9 Å². The van der Waals surface area contributed by atoms with Gasteiger partial charge in [0.1, 0.15) is 11.2 Å². The van der Waals surface area contributed by atoms with Gasteiger partial charge in [-0.15, -0.1) is 0 Å². The normalized spacial score (nSPS) is 11.7. The van der Waals surface area contributed by atoms with E-state index in [1.54, 1.807) is 0 Å². The third kappa shape index (κ3) is 5.36. The van der Waals surface area contributed by atoms with Gasteiger partial charge in [0.25, 0.3) is 0 Å². The van der Waals surface area contributed by atoms with Crippen molar-refractivity contribution < 1.29 is 4.42 Å². The van der Waals surface area contributed by atoms with Crippen molar-refractivity contribution in [3.8, 4) is 27.9 Å². The molecule has 12 aromatic rings. The van der Waals surface area contributed by atoms with Crippen molar-refractivity contribution in [2.75, 3.05) is 4.90 Å². The summed E-state index contributed by atoms with van der Waals surface area (Å²) in [6.45, 7) is 0. The molecule has 276 valence electrons. The molecule has 0 aliphatic heterocycles. The molecule has 0 aliphatic rings. The molecule has 0 aliphatic carbocycles. The third-order valence-electron chi connectivity index (χ3n) is 12.0. The fourth-order valence-electron chi connectivity index (χ4n) is 9.22. The Morgan fingerprint density at radius 1 is 0.373 bits per heavy atom. The van der Waals surface area contributed by atoms with Crippen LogP contribution in [-0.4, -0.2) is 4.57 Å². The SMILES string of the molecule is c1ccc(-c2ccc(-c3ccc(N(c4ccc5c(ccc6ccccc65)c4)c4ccc5c(c4)c4ccccc4n5-c4ccccc4)c4c3oc3ccccc34)cc2)cc1. The lowest BCUT2D eigenvalue weighted by Crippen LogP contribution is -2.10. The molecule has 3 nitrogen and oxygen atoms in total. The lowest BCUT2D eigenvalue weighted by Gasteiger charge is -2.27. The summed E-state index contributed by atoms with van der Waals surface area (Å²) < 4.78 is 9.26. The first-order chi connectivity index (χ1) is 29.3. The fraction of sp³-hybridized carbons (Fsp3) is 0. The van der Waals surface area contributed by atoms with Crippen LogP contribution < -0.4 is 4.90 Å². The Labute approximate surface area is 341 Å². The molecule has 10 aromatic carbocycles. The second kappa shape index (κ2) is 13.4. The molecule has 12 rings (SSSR count). The van der Waals surface area contributed by atoms with Crippen molar-refractivity contribution in [2.24, 2.45) is 0 Å². The molecular weight excluding hydrogens is 717 g/mol. The van der Waals surface area contributed by atoms with E-state index in [4.69, 9.17) is 4.42 Å². The second-order valence-corrected chi connectivity index (χ2v) is 15.3. The zero-order chi connectivity index (χ0) is 38.9. The summed E-state index contributed by atoms with van der Waals surface area (Å²) in [6, 6.07) is 78.7. The molecule has 59 heavy (non-hydrogen) atoms. The van der Waals surface area contributed by atoms with E-state index in [1.807, 2.05) is 0 Å². The van der Waals surface area contributed by atoms with Crippen LogP contribution in [0.3, 0.4) is 0 Å². The molecule has 0 saturated heterocycles. The standard InChI is InChI=1S/C56H36N2O/c1-3-13-37(14-4-1)38-23-25-40(26-24-38)47-32-34-53(55-49-20-10-12-22-54(49)59-56(47)55)57(43-29-31-46-41(35-43)28-27-39-15-7-8-18-45(39)46)44-30-33-52-50(36-44)48-19-9-11-21-51(48)58(52)42-16-5-2-6-17-42/h1-36H. The van der Waals surface area contributed by atoms with Gasteiger partial charge in [-0.2, -0.15) is 0 Å². The van der Waals surface area contributed by atoms with Crippen molar-refractivity contribution in [1.29, 1.82) is 0 Å².